The van der Waals surface area contributed by atoms with E-state index in [4.69, 9.17) is 4.42 Å². The molecule has 1 fully saturated rings. The third kappa shape index (κ3) is 3.85. The van der Waals surface area contributed by atoms with Crippen molar-refractivity contribution in [2.75, 3.05) is 33.7 Å². The van der Waals surface area contributed by atoms with Gasteiger partial charge < -0.3 is 9.73 Å². The predicted octanol–water partition coefficient (Wildman–Crippen LogP) is 1.20. The van der Waals surface area contributed by atoms with Gasteiger partial charge in [-0.2, -0.15) is 17.0 Å². The first-order valence-corrected chi connectivity index (χ1v) is 8.74. The number of hydrogen-bond acceptors (Lipinski definition) is 4. The summed E-state index contributed by atoms with van der Waals surface area (Å²) < 4.78 is 33.4. The molecule has 21 heavy (non-hydrogen) atoms. The van der Waals surface area contributed by atoms with E-state index in [9.17, 15) is 8.42 Å². The zero-order valence-corrected chi connectivity index (χ0v) is 13.8. The minimum Gasteiger partial charge on any atom is -0.469 e. The molecule has 0 amide bonds. The van der Waals surface area contributed by atoms with Crippen LogP contribution in [0.5, 0.6) is 0 Å². The van der Waals surface area contributed by atoms with Gasteiger partial charge in [0, 0.05) is 32.2 Å². The first-order valence-electron chi connectivity index (χ1n) is 7.34. The van der Waals surface area contributed by atoms with Gasteiger partial charge >= 0.3 is 0 Å². The summed E-state index contributed by atoms with van der Waals surface area (Å²) in [6.07, 6.45) is 3.42. The van der Waals surface area contributed by atoms with E-state index in [0.717, 1.165) is 30.7 Å². The molecule has 2 rings (SSSR count). The molecular weight excluding hydrogens is 290 g/mol. The van der Waals surface area contributed by atoms with Gasteiger partial charge in [0.2, 0.25) is 0 Å². The Morgan fingerprint density at radius 3 is 2.62 bits per heavy atom. The molecule has 6 nitrogen and oxygen atoms in total. The van der Waals surface area contributed by atoms with Gasteiger partial charge in [0.25, 0.3) is 10.2 Å². The summed E-state index contributed by atoms with van der Waals surface area (Å²) >= 11 is 0. The van der Waals surface area contributed by atoms with Crippen molar-refractivity contribution in [1.82, 2.24) is 13.9 Å². The van der Waals surface area contributed by atoms with Crippen LogP contribution in [0, 0.1) is 12.8 Å². The standard InChI is InChI=1S/C14H25N3O3S/c1-12-14(6-9-20-12)11-16(3)21(18,19)17-7-4-13(5-8-17)10-15-2/h6,9,13,15H,4-5,7-8,10-11H2,1-3H3. The highest BCUT2D eigenvalue weighted by Crippen LogP contribution is 2.22. The van der Waals surface area contributed by atoms with E-state index in [-0.39, 0.29) is 0 Å². The van der Waals surface area contributed by atoms with Crippen LogP contribution in [-0.2, 0) is 16.8 Å². The van der Waals surface area contributed by atoms with Crippen molar-refractivity contribution in [3.63, 3.8) is 0 Å². The average Bonchev–Trinajstić information content (AvgIpc) is 2.85. The highest BCUT2D eigenvalue weighted by atomic mass is 32.2. The summed E-state index contributed by atoms with van der Waals surface area (Å²) in [6.45, 7) is 4.35. The van der Waals surface area contributed by atoms with Crippen molar-refractivity contribution in [1.29, 1.82) is 0 Å². The van der Waals surface area contributed by atoms with Crippen molar-refractivity contribution in [2.45, 2.75) is 26.3 Å². The molecule has 1 saturated heterocycles. The summed E-state index contributed by atoms with van der Waals surface area (Å²) in [5, 5.41) is 3.16. The van der Waals surface area contributed by atoms with Gasteiger partial charge in [0.15, 0.2) is 0 Å². The first kappa shape index (κ1) is 16.5. The Balaban J connectivity index is 1.97. The summed E-state index contributed by atoms with van der Waals surface area (Å²) in [5.74, 6) is 1.34. The van der Waals surface area contributed by atoms with Crippen LogP contribution >= 0.6 is 0 Å². The SMILES string of the molecule is CNCC1CCN(S(=O)(=O)N(C)Cc2ccoc2C)CC1. The van der Waals surface area contributed by atoms with Crippen molar-refractivity contribution >= 4 is 10.2 Å². The Morgan fingerprint density at radius 1 is 1.43 bits per heavy atom. The summed E-state index contributed by atoms with van der Waals surface area (Å²) in [7, 11) is 0.172. The van der Waals surface area contributed by atoms with Gasteiger partial charge in [0.1, 0.15) is 5.76 Å². The van der Waals surface area contributed by atoms with Crippen LogP contribution in [0.2, 0.25) is 0 Å². The molecule has 0 bridgehead atoms. The normalized spacial score (nSPS) is 18.5. The van der Waals surface area contributed by atoms with E-state index in [1.54, 1.807) is 17.6 Å². The maximum Gasteiger partial charge on any atom is 0.282 e. The molecule has 0 aromatic carbocycles. The third-order valence-electron chi connectivity index (χ3n) is 4.15. The van der Waals surface area contributed by atoms with Crippen LogP contribution in [0.15, 0.2) is 16.7 Å². The van der Waals surface area contributed by atoms with E-state index in [1.807, 2.05) is 20.0 Å². The minimum absolute atomic E-state index is 0.348. The molecule has 0 aliphatic carbocycles. The number of nitrogens with zero attached hydrogens (tertiary/aromatic N) is 2. The third-order valence-corrected chi connectivity index (χ3v) is 6.08. The van der Waals surface area contributed by atoms with Gasteiger partial charge in [0.05, 0.1) is 6.26 Å². The number of rotatable bonds is 6. The zero-order valence-electron chi connectivity index (χ0n) is 13.0. The maximum absolute atomic E-state index is 12.6. The second-order valence-corrected chi connectivity index (χ2v) is 7.70. The molecule has 7 heteroatoms. The molecule has 0 saturated carbocycles. The lowest BCUT2D eigenvalue weighted by atomic mass is 9.98. The van der Waals surface area contributed by atoms with E-state index in [1.165, 1.54) is 4.31 Å². The fraction of sp³-hybridized carbons (Fsp3) is 0.714. The molecular formula is C14H25N3O3S. The van der Waals surface area contributed by atoms with Gasteiger partial charge in [-0.3, -0.25) is 0 Å². The van der Waals surface area contributed by atoms with Gasteiger partial charge in [-0.05, 0) is 45.3 Å². The molecule has 1 aliphatic heterocycles. The Morgan fingerprint density at radius 2 is 2.10 bits per heavy atom. The number of piperidine rings is 1. The highest BCUT2D eigenvalue weighted by molar-refractivity contribution is 7.86. The van der Waals surface area contributed by atoms with Crippen LogP contribution in [0.25, 0.3) is 0 Å². The molecule has 0 atom stereocenters. The lowest BCUT2D eigenvalue weighted by molar-refractivity contribution is 0.255. The molecule has 1 aliphatic rings. The van der Waals surface area contributed by atoms with E-state index in [2.05, 4.69) is 5.32 Å². The van der Waals surface area contributed by atoms with E-state index >= 15 is 0 Å². The molecule has 1 N–H and O–H groups in total. The van der Waals surface area contributed by atoms with Crippen molar-refractivity contribution in [2.24, 2.45) is 5.92 Å². The Labute approximate surface area is 127 Å². The Hall–Kier alpha value is -0.890. The monoisotopic (exact) mass is 315 g/mol. The fourth-order valence-corrected chi connectivity index (χ4v) is 4.10. The second-order valence-electron chi connectivity index (χ2n) is 5.67. The predicted molar refractivity (Wildman–Crippen MR) is 82.1 cm³/mol. The number of aryl methyl sites for hydroxylation is 1. The lowest BCUT2D eigenvalue weighted by Gasteiger charge is -2.33. The van der Waals surface area contributed by atoms with Crippen LogP contribution in [0.1, 0.15) is 24.2 Å². The Kier molecular flexibility index (Phi) is 5.43. The highest BCUT2D eigenvalue weighted by Gasteiger charge is 2.31. The quantitative estimate of drug-likeness (QED) is 0.856. The van der Waals surface area contributed by atoms with Gasteiger partial charge in [-0.15, -0.1) is 0 Å². The molecule has 0 spiro atoms. The van der Waals surface area contributed by atoms with Crippen LogP contribution in [0.3, 0.4) is 0 Å². The van der Waals surface area contributed by atoms with Gasteiger partial charge in [-0.25, -0.2) is 0 Å². The first-order chi connectivity index (χ1) is 9.95. The largest absolute Gasteiger partial charge is 0.469 e. The second kappa shape index (κ2) is 6.91. The molecule has 0 radical (unpaired) electrons. The van der Waals surface area contributed by atoms with Crippen molar-refractivity contribution in [3.05, 3.63) is 23.7 Å². The van der Waals surface area contributed by atoms with E-state index in [0.29, 0.717) is 25.6 Å². The van der Waals surface area contributed by atoms with Crippen molar-refractivity contribution in [3.8, 4) is 0 Å². The summed E-state index contributed by atoms with van der Waals surface area (Å²) in [4.78, 5) is 0. The van der Waals surface area contributed by atoms with E-state index < -0.39 is 10.2 Å². The lowest BCUT2D eigenvalue weighted by Crippen LogP contribution is -2.46. The number of nitrogens with one attached hydrogen (secondary N) is 1. The minimum atomic E-state index is -3.39. The summed E-state index contributed by atoms with van der Waals surface area (Å²) in [6, 6.07) is 1.82. The van der Waals surface area contributed by atoms with Crippen molar-refractivity contribution < 1.29 is 12.8 Å². The molecule has 120 valence electrons. The van der Waals surface area contributed by atoms with Crippen LogP contribution < -0.4 is 5.32 Å². The fourth-order valence-electron chi connectivity index (χ4n) is 2.73. The zero-order chi connectivity index (χ0) is 15.5. The molecule has 0 unspecified atom stereocenters. The number of furan rings is 1. The van der Waals surface area contributed by atoms with Crippen LogP contribution in [0.4, 0.5) is 0 Å². The smallest absolute Gasteiger partial charge is 0.282 e. The summed E-state index contributed by atoms with van der Waals surface area (Å²) in [5.41, 5.74) is 0.908. The topological polar surface area (TPSA) is 65.8 Å². The average molecular weight is 315 g/mol. The molecule has 2 heterocycles. The number of hydrogen-bond donors (Lipinski definition) is 1. The van der Waals surface area contributed by atoms with Crippen LogP contribution in [-0.4, -0.2) is 50.8 Å². The van der Waals surface area contributed by atoms with Gasteiger partial charge in [-0.1, -0.05) is 0 Å². The molecule has 1 aromatic heterocycles. The molecule has 1 aromatic rings. The Bertz CT molecular complexity index is 548. The maximum atomic E-state index is 12.6.